The largest absolute Gasteiger partial charge is 0.392 e. The van der Waals surface area contributed by atoms with Crippen molar-refractivity contribution >= 4 is 11.4 Å². The third-order valence-electron chi connectivity index (χ3n) is 4.31. The monoisotopic (exact) mass is 331 g/mol. The minimum atomic E-state index is -0.322. The zero-order valence-corrected chi connectivity index (χ0v) is 13.8. The minimum absolute atomic E-state index is 0.280. The van der Waals surface area contributed by atoms with Gasteiger partial charge in [-0.05, 0) is 17.7 Å². The van der Waals surface area contributed by atoms with Crippen molar-refractivity contribution in [1.29, 1.82) is 0 Å². The predicted octanol–water partition coefficient (Wildman–Crippen LogP) is 2.19. The first-order valence-corrected chi connectivity index (χ1v) is 8.04. The number of pyridine rings is 1. The number of ether oxygens (including phenoxy) is 1. The molecule has 0 aliphatic carbocycles. The van der Waals surface area contributed by atoms with E-state index in [2.05, 4.69) is 16.0 Å². The van der Waals surface area contributed by atoms with Gasteiger partial charge in [0.05, 0.1) is 30.8 Å². The zero-order valence-electron chi connectivity index (χ0n) is 13.8. The molecule has 128 valence electrons. The van der Waals surface area contributed by atoms with Gasteiger partial charge in [-0.2, -0.15) is 0 Å². The number of aliphatic hydroxyl groups is 1. The molecular weight excluding hydrogens is 309 g/mol. The van der Waals surface area contributed by atoms with E-state index in [1.807, 2.05) is 11.1 Å². The van der Waals surface area contributed by atoms with E-state index in [1.54, 1.807) is 31.5 Å². The fraction of sp³-hybridized carbons (Fsp3) is 0.389. The maximum atomic E-state index is 14.4. The number of anilines is 2. The number of benzene rings is 1. The summed E-state index contributed by atoms with van der Waals surface area (Å²) in [4.78, 5) is 8.54. The molecular formula is C18H22FN3O2. The van der Waals surface area contributed by atoms with Gasteiger partial charge in [-0.1, -0.05) is 12.1 Å². The van der Waals surface area contributed by atoms with Gasteiger partial charge in [0, 0.05) is 45.0 Å². The van der Waals surface area contributed by atoms with Gasteiger partial charge in [-0.25, -0.2) is 4.39 Å². The van der Waals surface area contributed by atoms with Gasteiger partial charge in [0.25, 0.3) is 0 Å². The molecule has 1 aromatic carbocycles. The molecule has 3 rings (SSSR count). The summed E-state index contributed by atoms with van der Waals surface area (Å²) < 4.78 is 19.5. The van der Waals surface area contributed by atoms with E-state index in [9.17, 15) is 9.50 Å². The third-order valence-corrected chi connectivity index (χ3v) is 4.31. The molecule has 1 saturated heterocycles. The number of rotatable bonds is 5. The average molecular weight is 331 g/mol. The standard InChI is InChI=1S/C18H22FN3O2/c1-24-13-14-9-16(11-20-10-14)21-5-7-22(8-6-21)17-4-2-3-15(12-23)18(17)19/h2-4,9-11,23H,5-8,12-13H2,1H3. The first-order chi connectivity index (χ1) is 11.7. The summed E-state index contributed by atoms with van der Waals surface area (Å²) in [7, 11) is 1.67. The van der Waals surface area contributed by atoms with Crippen molar-refractivity contribution in [3.05, 3.63) is 53.6 Å². The maximum absolute atomic E-state index is 14.4. The molecule has 1 fully saturated rings. The average Bonchev–Trinajstić information content (AvgIpc) is 2.63. The Labute approximate surface area is 141 Å². The highest BCUT2D eigenvalue weighted by molar-refractivity contribution is 5.53. The van der Waals surface area contributed by atoms with Crippen LogP contribution in [-0.4, -0.2) is 43.4 Å². The summed E-state index contributed by atoms with van der Waals surface area (Å²) in [6.45, 7) is 3.29. The van der Waals surface area contributed by atoms with Crippen LogP contribution in [0.4, 0.5) is 15.8 Å². The number of hydrogen-bond acceptors (Lipinski definition) is 5. The topological polar surface area (TPSA) is 48.8 Å². The van der Waals surface area contributed by atoms with Crippen molar-refractivity contribution in [2.24, 2.45) is 0 Å². The molecule has 24 heavy (non-hydrogen) atoms. The second-order valence-corrected chi connectivity index (χ2v) is 5.87. The summed E-state index contributed by atoms with van der Waals surface area (Å²) in [5.41, 5.74) is 3.01. The zero-order chi connectivity index (χ0) is 16.9. The van der Waals surface area contributed by atoms with E-state index >= 15 is 0 Å². The Morgan fingerprint density at radius 3 is 2.62 bits per heavy atom. The molecule has 0 atom stereocenters. The summed E-state index contributed by atoms with van der Waals surface area (Å²) in [6.07, 6.45) is 3.65. The van der Waals surface area contributed by atoms with Gasteiger partial charge in [0.2, 0.25) is 0 Å². The Balaban J connectivity index is 1.69. The van der Waals surface area contributed by atoms with Crippen molar-refractivity contribution in [3.8, 4) is 0 Å². The fourth-order valence-corrected chi connectivity index (χ4v) is 3.03. The highest BCUT2D eigenvalue weighted by Crippen LogP contribution is 2.25. The van der Waals surface area contributed by atoms with Crippen LogP contribution in [0.5, 0.6) is 0 Å². The maximum Gasteiger partial charge on any atom is 0.151 e. The van der Waals surface area contributed by atoms with E-state index in [-0.39, 0.29) is 12.4 Å². The van der Waals surface area contributed by atoms with Crippen molar-refractivity contribution in [1.82, 2.24) is 4.98 Å². The molecule has 1 aromatic heterocycles. The number of piperazine rings is 1. The molecule has 2 heterocycles. The van der Waals surface area contributed by atoms with Gasteiger partial charge in [-0.15, -0.1) is 0 Å². The molecule has 0 spiro atoms. The highest BCUT2D eigenvalue weighted by Gasteiger charge is 2.21. The summed E-state index contributed by atoms with van der Waals surface area (Å²) in [6, 6.07) is 7.25. The minimum Gasteiger partial charge on any atom is -0.392 e. The SMILES string of the molecule is COCc1cncc(N2CCN(c3cccc(CO)c3F)CC2)c1. The Kier molecular flexibility index (Phi) is 5.27. The first kappa shape index (κ1) is 16.7. The number of hydrogen-bond donors (Lipinski definition) is 1. The van der Waals surface area contributed by atoms with E-state index < -0.39 is 0 Å². The molecule has 6 heteroatoms. The number of halogens is 1. The molecule has 0 amide bonds. The first-order valence-electron chi connectivity index (χ1n) is 8.04. The van der Waals surface area contributed by atoms with E-state index in [4.69, 9.17) is 4.74 Å². The molecule has 2 aromatic rings. The molecule has 1 N–H and O–H groups in total. The van der Waals surface area contributed by atoms with Crippen LogP contribution in [-0.2, 0) is 18.0 Å². The van der Waals surface area contributed by atoms with E-state index in [0.29, 0.717) is 17.9 Å². The number of aromatic nitrogens is 1. The van der Waals surface area contributed by atoms with Gasteiger partial charge >= 0.3 is 0 Å². The van der Waals surface area contributed by atoms with Crippen LogP contribution >= 0.6 is 0 Å². The normalized spacial score (nSPS) is 15.0. The second kappa shape index (κ2) is 7.59. The molecule has 0 saturated carbocycles. The quantitative estimate of drug-likeness (QED) is 0.910. The van der Waals surface area contributed by atoms with Crippen molar-refractivity contribution in [2.45, 2.75) is 13.2 Å². The van der Waals surface area contributed by atoms with Crippen molar-refractivity contribution < 1.29 is 14.2 Å². The Morgan fingerprint density at radius 2 is 1.92 bits per heavy atom. The van der Waals surface area contributed by atoms with E-state index in [1.165, 1.54) is 0 Å². The molecule has 0 bridgehead atoms. The van der Waals surface area contributed by atoms with Crippen LogP contribution in [0, 0.1) is 5.82 Å². The van der Waals surface area contributed by atoms with E-state index in [0.717, 1.165) is 37.4 Å². The van der Waals surface area contributed by atoms with Gasteiger partial charge in [-0.3, -0.25) is 4.98 Å². The van der Waals surface area contributed by atoms with Gasteiger partial charge in [0.1, 0.15) is 0 Å². The third kappa shape index (κ3) is 3.49. The lowest BCUT2D eigenvalue weighted by Gasteiger charge is -2.37. The van der Waals surface area contributed by atoms with Gasteiger partial charge < -0.3 is 19.6 Å². The van der Waals surface area contributed by atoms with Crippen LogP contribution in [0.3, 0.4) is 0 Å². The number of aliphatic hydroxyl groups excluding tert-OH is 1. The van der Waals surface area contributed by atoms with Crippen LogP contribution in [0.15, 0.2) is 36.7 Å². The van der Waals surface area contributed by atoms with Crippen LogP contribution < -0.4 is 9.80 Å². The van der Waals surface area contributed by atoms with Crippen LogP contribution in [0.1, 0.15) is 11.1 Å². The lowest BCUT2D eigenvalue weighted by Crippen LogP contribution is -2.47. The Bertz CT molecular complexity index is 688. The van der Waals surface area contributed by atoms with Crippen LogP contribution in [0.25, 0.3) is 0 Å². The summed E-state index contributed by atoms with van der Waals surface area (Å²) >= 11 is 0. The van der Waals surface area contributed by atoms with Crippen LogP contribution in [0.2, 0.25) is 0 Å². The fourth-order valence-electron chi connectivity index (χ4n) is 3.03. The molecule has 5 nitrogen and oxygen atoms in total. The summed E-state index contributed by atoms with van der Waals surface area (Å²) in [5, 5.41) is 9.22. The highest BCUT2D eigenvalue weighted by atomic mass is 19.1. The molecule has 0 unspecified atom stereocenters. The second-order valence-electron chi connectivity index (χ2n) is 5.87. The van der Waals surface area contributed by atoms with Gasteiger partial charge in [0.15, 0.2) is 5.82 Å². The summed E-state index contributed by atoms with van der Waals surface area (Å²) in [5.74, 6) is -0.322. The Hall–Kier alpha value is -2.18. The number of methoxy groups -OCH3 is 1. The lowest BCUT2D eigenvalue weighted by molar-refractivity contribution is 0.184. The Morgan fingerprint density at radius 1 is 1.17 bits per heavy atom. The molecule has 1 aliphatic rings. The number of nitrogens with zero attached hydrogens (tertiary/aromatic N) is 3. The van der Waals surface area contributed by atoms with Crippen molar-refractivity contribution in [2.75, 3.05) is 43.1 Å². The smallest absolute Gasteiger partial charge is 0.151 e. The molecule has 1 aliphatic heterocycles. The van der Waals surface area contributed by atoms with Crippen molar-refractivity contribution in [3.63, 3.8) is 0 Å². The lowest BCUT2D eigenvalue weighted by atomic mass is 10.1. The molecule has 0 radical (unpaired) electrons. The predicted molar refractivity (Wildman–Crippen MR) is 91.7 cm³/mol.